The Morgan fingerprint density at radius 1 is 1.18 bits per heavy atom. The molecule has 0 saturated heterocycles. The minimum atomic E-state index is 0.334. The normalized spacial score (nSPS) is 10.3. The van der Waals surface area contributed by atoms with Gasteiger partial charge in [-0.3, -0.25) is 4.98 Å². The van der Waals surface area contributed by atoms with E-state index in [1.54, 1.807) is 36.5 Å². The number of halogens is 3. The van der Waals surface area contributed by atoms with Gasteiger partial charge in [0.05, 0.1) is 16.6 Å². The Labute approximate surface area is 114 Å². The fourth-order valence-corrected chi connectivity index (χ4v) is 1.76. The van der Waals surface area contributed by atoms with E-state index in [0.29, 0.717) is 27.4 Å². The summed E-state index contributed by atoms with van der Waals surface area (Å²) in [5.74, 6) is 1.46. The lowest BCUT2D eigenvalue weighted by molar-refractivity contribution is 0.481. The van der Waals surface area contributed by atoms with E-state index in [1.807, 2.05) is 0 Å². The molecule has 0 N–H and O–H groups in total. The molecule has 1 aromatic carbocycles. The maximum atomic E-state index is 6.02. The first-order chi connectivity index (χ1) is 8.20. The standard InChI is InChI=1S/C12H8Cl3NO/c13-7-8-6-9(4-5-16-8)17-11-3-1-2-10(14)12(11)15/h1-6H,7H2. The smallest absolute Gasteiger partial charge is 0.147 e. The molecule has 0 unspecified atom stereocenters. The van der Waals surface area contributed by atoms with Gasteiger partial charge in [-0.15, -0.1) is 11.6 Å². The highest BCUT2D eigenvalue weighted by molar-refractivity contribution is 6.42. The van der Waals surface area contributed by atoms with E-state index in [0.717, 1.165) is 5.69 Å². The summed E-state index contributed by atoms with van der Waals surface area (Å²) >= 11 is 17.6. The number of hydrogen-bond donors (Lipinski definition) is 0. The predicted molar refractivity (Wildman–Crippen MR) is 70.3 cm³/mol. The lowest BCUT2D eigenvalue weighted by atomic mass is 10.3. The van der Waals surface area contributed by atoms with Gasteiger partial charge in [0.1, 0.15) is 16.5 Å². The molecule has 0 radical (unpaired) electrons. The number of hydrogen-bond acceptors (Lipinski definition) is 2. The maximum Gasteiger partial charge on any atom is 0.147 e. The molecule has 0 aliphatic rings. The zero-order chi connectivity index (χ0) is 12.3. The van der Waals surface area contributed by atoms with E-state index >= 15 is 0 Å². The maximum absolute atomic E-state index is 6.02. The molecule has 2 rings (SSSR count). The Hall–Kier alpha value is -0.960. The molecule has 5 heteroatoms. The molecule has 17 heavy (non-hydrogen) atoms. The SMILES string of the molecule is ClCc1cc(Oc2cccc(Cl)c2Cl)ccn1. The Morgan fingerprint density at radius 2 is 2.00 bits per heavy atom. The second-order valence-corrected chi connectivity index (χ2v) is 4.32. The summed E-state index contributed by atoms with van der Waals surface area (Å²) < 4.78 is 5.62. The van der Waals surface area contributed by atoms with Crippen molar-refractivity contribution in [3.8, 4) is 11.5 Å². The highest BCUT2D eigenvalue weighted by Crippen LogP contribution is 2.34. The van der Waals surface area contributed by atoms with Gasteiger partial charge in [0.25, 0.3) is 0 Å². The van der Waals surface area contributed by atoms with Crippen LogP contribution in [0.15, 0.2) is 36.5 Å². The van der Waals surface area contributed by atoms with Crippen molar-refractivity contribution in [1.82, 2.24) is 4.98 Å². The first-order valence-electron chi connectivity index (χ1n) is 4.83. The third kappa shape index (κ3) is 3.03. The molecular weight excluding hydrogens is 280 g/mol. The second-order valence-electron chi connectivity index (χ2n) is 3.27. The van der Waals surface area contributed by atoms with Crippen LogP contribution in [0.25, 0.3) is 0 Å². The first kappa shape index (κ1) is 12.5. The van der Waals surface area contributed by atoms with Gasteiger partial charge in [0.15, 0.2) is 0 Å². The quantitative estimate of drug-likeness (QED) is 0.748. The van der Waals surface area contributed by atoms with Crippen molar-refractivity contribution in [3.05, 3.63) is 52.3 Å². The Bertz CT molecular complexity index is 531. The lowest BCUT2D eigenvalue weighted by Gasteiger charge is -2.08. The molecule has 1 heterocycles. The van der Waals surface area contributed by atoms with Crippen LogP contribution >= 0.6 is 34.8 Å². The van der Waals surface area contributed by atoms with Crippen molar-refractivity contribution in [3.63, 3.8) is 0 Å². The topological polar surface area (TPSA) is 22.1 Å². The number of nitrogens with zero attached hydrogens (tertiary/aromatic N) is 1. The van der Waals surface area contributed by atoms with E-state index in [-0.39, 0.29) is 0 Å². The molecule has 0 bridgehead atoms. The number of ether oxygens (including phenoxy) is 1. The van der Waals surface area contributed by atoms with Crippen molar-refractivity contribution in [2.75, 3.05) is 0 Å². The van der Waals surface area contributed by atoms with E-state index in [2.05, 4.69) is 4.98 Å². The molecule has 0 saturated carbocycles. The van der Waals surface area contributed by atoms with Crippen molar-refractivity contribution >= 4 is 34.8 Å². The van der Waals surface area contributed by atoms with Crippen LogP contribution in [-0.4, -0.2) is 4.98 Å². The third-order valence-corrected chi connectivity index (χ3v) is 3.14. The van der Waals surface area contributed by atoms with Crippen molar-refractivity contribution < 1.29 is 4.74 Å². The van der Waals surface area contributed by atoms with Gasteiger partial charge in [0, 0.05) is 12.3 Å². The Balaban J connectivity index is 2.28. The van der Waals surface area contributed by atoms with Crippen LogP contribution in [-0.2, 0) is 5.88 Å². The van der Waals surface area contributed by atoms with Crippen LogP contribution in [0.5, 0.6) is 11.5 Å². The molecule has 88 valence electrons. The number of benzene rings is 1. The largest absolute Gasteiger partial charge is 0.456 e. The molecule has 0 aliphatic carbocycles. The summed E-state index contributed by atoms with van der Waals surface area (Å²) in [6, 6.07) is 8.70. The fraction of sp³-hybridized carbons (Fsp3) is 0.0833. The number of pyridine rings is 1. The summed E-state index contributed by atoms with van der Waals surface area (Å²) in [6.07, 6.45) is 1.63. The molecule has 0 amide bonds. The van der Waals surface area contributed by atoms with Gasteiger partial charge >= 0.3 is 0 Å². The van der Waals surface area contributed by atoms with Gasteiger partial charge in [-0.2, -0.15) is 0 Å². The zero-order valence-corrected chi connectivity index (χ0v) is 10.9. The first-order valence-corrected chi connectivity index (χ1v) is 6.12. The summed E-state index contributed by atoms with van der Waals surface area (Å²) in [4.78, 5) is 4.07. The van der Waals surface area contributed by atoms with Crippen molar-refractivity contribution in [2.45, 2.75) is 5.88 Å². The summed E-state index contributed by atoms with van der Waals surface area (Å²) in [5.41, 5.74) is 0.738. The van der Waals surface area contributed by atoms with Crippen molar-refractivity contribution in [2.24, 2.45) is 0 Å². The third-order valence-electron chi connectivity index (χ3n) is 2.07. The van der Waals surface area contributed by atoms with Gasteiger partial charge in [-0.25, -0.2) is 0 Å². The summed E-state index contributed by atoms with van der Waals surface area (Å²) in [6.45, 7) is 0. The molecule has 0 atom stereocenters. The van der Waals surface area contributed by atoms with Crippen LogP contribution in [0.1, 0.15) is 5.69 Å². The summed E-state index contributed by atoms with van der Waals surface area (Å²) in [7, 11) is 0. The monoisotopic (exact) mass is 287 g/mol. The fourth-order valence-electron chi connectivity index (χ4n) is 1.28. The number of rotatable bonds is 3. The van der Waals surface area contributed by atoms with E-state index < -0.39 is 0 Å². The van der Waals surface area contributed by atoms with Crippen LogP contribution in [0.4, 0.5) is 0 Å². The lowest BCUT2D eigenvalue weighted by Crippen LogP contribution is -1.89. The minimum Gasteiger partial charge on any atom is -0.456 e. The molecule has 1 aromatic heterocycles. The van der Waals surface area contributed by atoms with E-state index in [4.69, 9.17) is 39.5 Å². The van der Waals surface area contributed by atoms with Crippen LogP contribution in [0, 0.1) is 0 Å². The average molecular weight is 289 g/mol. The van der Waals surface area contributed by atoms with Gasteiger partial charge in [-0.05, 0) is 18.2 Å². The van der Waals surface area contributed by atoms with Gasteiger partial charge < -0.3 is 4.74 Å². The molecule has 0 aliphatic heterocycles. The number of alkyl halides is 1. The molecule has 0 fully saturated rings. The predicted octanol–water partition coefficient (Wildman–Crippen LogP) is 4.92. The Kier molecular flexibility index (Phi) is 4.11. The second kappa shape index (κ2) is 5.58. The zero-order valence-electron chi connectivity index (χ0n) is 8.66. The van der Waals surface area contributed by atoms with Crippen molar-refractivity contribution in [1.29, 1.82) is 0 Å². The molecule has 0 spiro atoms. The van der Waals surface area contributed by atoms with Gasteiger partial charge in [0.2, 0.25) is 0 Å². The summed E-state index contributed by atoms with van der Waals surface area (Å²) in [5, 5.41) is 0.842. The van der Waals surface area contributed by atoms with Crippen LogP contribution in [0.3, 0.4) is 0 Å². The van der Waals surface area contributed by atoms with E-state index in [9.17, 15) is 0 Å². The number of aromatic nitrogens is 1. The van der Waals surface area contributed by atoms with Gasteiger partial charge in [-0.1, -0.05) is 29.3 Å². The molecule has 2 aromatic rings. The highest BCUT2D eigenvalue weighted by Gasteiger charge is 2.07. The molecular formula is C12H8Cl3NO. The average Bonchev–Trinajstić information content (AvgIpc) is 2.35. The molecule has 2 nitrogen and oxygen atoms in total. The van der Waals surface area contributed by atoms with Crippen LogP contribution in [0.2, 0.25) is 10.0 Å². The van der Waals surface area contributed by atoms with Crippen LogP contribution < -0.4 is 4.74 Å². The Morgan fingerprint density at radius 3 is 2.76 bits per heavy atom. The van der Waals surface area contributed by atoms with E-state index in [1.165, 1.54) is 0 Å². The highest BCUT2D eigenvalue weighted by atomic mass is 35.5. The minimum absolute atomic E-state index is 0.334.